The lowest BCUT2D eigenvalue weighted by atomic mass is 9.70. The Kier molecular flexibility index (Phi) is 6.20. The van der Waals surface area contributed by atoms with Crippen molar-refractivity contribution in [2.24, 2.45) is 5.41 Å². The van der Waals surface area contributed by atoms with Gasteiger partial charge in [0.05, 0.1) is 16.9 Å². The second-order valence-electron chi connectivity index (χ2n) is 11.7. The summed E-state index contributed by atoms with van der Waals surface area (Å²) in [5.74, 6) is -0.327. The van der Waals surface area contributed by atoms with Crippen LogP contribution in [-0.4, -0.2) is 24.0 Å². The van der Waals surface area contributed by atoms with Crippen LogP contribution in [0.25, 0.3) is 0 Å². The SMILES string of the molecule is CC(C)c1nc2c(c3c1[C@@H](c1ccc(OS(=O)(=O)C(F)(F)F)cc1)OC31CCCC1)[C@@H]([OH2+])CC(C)(C)C2. The Bertz CT molecular complexity index is 1310. The molecule has 37 heavy (non-hydrogen) atoms. The lowest BCUT2D eigenvalue weighted by molar-refractivity contribution is -0.0581. The van der Waals surface area contributed by atoms with Gasteiger partial charge in [0.1, 0.15) is 11.9 Å². The Hall–Kier alpha value is -2.17. The van der Waals surface area contributed by atoms with Gasteiger partial charge >= 0.3 is 15.6 Å². The summed E-state index contributed by atoms with van der Waals surface area (Å²) in [5.41, 5.74) is -0.421. The predicted molar refractivity (Wildman–Crippen MR) is 132 cm³/mol. The van der Waals surface area contributed by atoms with Gasteiger partial charge in [-0.25, -0.2) is 0 Å². The number of pyridine rings is 1. The Morgan fingerprint density at radius 2 is 1.73 bits per heavy atom. The second-order valence-corrected chi connectivity index (χ2v) is 13.2. The molecule has 1 spiro atoms. The van der Waals surface area contributed by atoms with Crippen molar-refractivity contribution in [3.63, 3.8) is 0 Å². The van der Waals surface area contributed by atoms with Crippen molar-refractivity contribution in [2.45, 2.75) is 95.5 Å². The van der Waals surface area contributed by atoms with Crippen molar-refractivity contribution in [1.29, 1.82) is 0 Å². The largest absolute Gasteiger partial charge is 0.534 e. The summed E-state index contributed by atoms with van der Waals surface area (Å²) in [6.07, 6.45) is 4.30. The molecule has 2 atom stereocenters. The van der Waals surface area contributed by atoms with Crippen LogP contribution in [0.15, 0.2) is 24.3 Å². The third kappa shape index (κ3) is 4.44. The summed E-state index contributed by atoms with van der Waals surface area (Å²) >= 11 is 0. The van der Waals surface area contributed by atoms with Crippen LogP contribution in [0.2, 0.25) is 0 Å². The number of halogens is 3. The second kappa shape index (κ2) is 8.68. The first kappa shape index (κ1) is 26.4. The van der Waals surface area contributed by atoms with Crippen molar-refractivity contribution in [3.05, 3.63) is 57.9 Å². The molecule has 0 bridgehead atoms. The number of alkyl halides is 3. The first-order valence-electron chi connectivity index (χ1n) is 12.7. The average molecular weight is 541 g/mol. The summed E-state index contributed by atoms with van der Waals surface area (Å²) in [4.78, 5) is 5.12. The molecule has 1 fully saturated rings. The van der Waals surface area contributed by atoms with Crippen molar-refractivity contribution < 1.29 is 35.6 Å². The minimum absolute atomic E-state index is 0.0246. The molecule has 202 valence electrons. The van der Waals surface area contributed by atoms with Gasteiger partial charge in [-0.1, -0.05) is 52.7 Å². The lowest BCUT2D eigenvalue weighted by Crippen LogP contribution is -2.32. The minimum atomic E-state index is -5.76. The molecule has 2 aliphatic carbocycles. The van der Waals surface area contributed by atoms with Crippen LogP contribution in [0.5, 0.6) is 5.75 Å². The zero-order valence-corrected chi connectivity index (χ0v) is 22.2. The highest BCUT2D eigenvalue weighted by Crippen LogP contribution is 2.59. The molecule has 2 N–H and O–H groups in total. The molecule has 1 aliphatic heterocycles. The molecule has 0 saturated heterocycles. The number of nitrogens with zero attached hydrogens (tertiary/aromatic N) is 1. The molecule has 3 aliphatic rings. The van der Waals surface area contributed by atoms with Crippen LogP contribution in [-0.2, 0) is 26.9 Å². The van der Waals surface area contributed by atoms with Gasteiger partial charge in [0.25, 0.3) is 0 Å². The van der Waals surface area contributed by atoms with Crippen LogP contribution >= 0.6 is 0 Å². The van der Waals surface area contributed by atoms with Crippen LogP contribution in [0.3, 0.4) is 0 Å². The molecule has 6 nitrogen and oxygen atoms in total. The van der Waals surface area contributed by atoms with E-state index in [0.29, 0.717) is 5.56 Å². The van der Waals surface area contributed by atoms with Gasteiger partial charge in [-0.3, -0.25) is 4.98 Å². The fraction of sp³-hybridized carbons (Fsp3) is 0.593. The van der Waals surface area contributed by atoms with Gasteiger partial charge in [-0.05, 0) is 48.3 Å². The zero-order valence-electron chi connectivity index (χ0n) is 21.4. The molecule has 2 heterocycles. The van der Waals surface area contributed by atoms with E-state index in [0.717, 1.165) is 66.6 Å². The molecule has 1 aromatic heterocycles. The number of fused-ring (bicyclic) bond motifs is 4. The molecular formula is C27H33F3NO5S+. The predicted octanol–water partition coefficient (Wildman–Crippen LogP) is 6.06. The maximum absolute atomic E-state index is 12.8. The molecule has 5 rings (SSSR count). The van der Waals surface area contributed by atoms with Crippen LogP contribution < -0.4 is 4.18 Å². The number of benzene rings is 1. The first-order chi connectivity index (χ1) is 17.1. The van der Waals surface area contributed by atoms with E-state index in [1.807, 2.05) is 0 Å². The molecule has 0 unspecified atom stereocenters. The monoisotopic (exact) mass is 540 g/mol. The highest BCUT2D eigenvalue weighted by Gasteiger charge is 2.53. The molecule has 1 saturated carbocycles. The van der Waals surface area contributed by atoms with Gasteiger partial charge in [0.15, 0.2) is 6.10 Å². The van der Waals surface area contributed by atoms with Crippen LogP contribution in [0.4, 0.5) is 13.2 Å². The van der Waals surface area contributed by atoms with E-state index in [1.54, 1.807) is 12.1 Å². The van der Waals surface area contributed by atoms with Crippen molar-refractivity contribution in [1.82, 2.24) is 4.98 Å². The van der Waals surface area contributed by atoms with E-state index < -0.39 is 39.2 Å². The highest BCUT2D eigenvalue weighted by atomic mass is 32.2. The van der Waals surface area contributed by atoms with Gasteiger partial charge in [-0.2, -0.15) is 21.6 Å². The third-order valence-electron chi connectivity index (χ3n) is 7.82. The van der Waals surface area contributed by atoms with Crippen LogP contribution in [0, 0.1) is 5.41 Å². The van der Waals surface area contributed by atoms with Gasteiger partial charge < -0.3 is 14.0 Å². The van der Waals surface area contributed by atoms with Gasteiger partial charge in [-0.15, -0.1) is 0 Å². The van der Waals surface area contributed by atoms with Crippen molar-refractivity contribution in [3.8, 4) is 5.75 Å². The Labute approximate surface area is 215 Å². The minimum Gasteiger partial charge on any atom is -0.440 e. The number of rotatable bonds is 4. The molecule has 0 amide bonds. The van der Waals surface area contributed by atoms with Crippen LogP contribution in [0.1, 0.15) is 112 Å². The average Bonchev–Trinajstić information content (AvgIpc) is 3.37. The lowest BCUT2D eigenvalue weighted by Gasteiger charge is -2.36. The summed E-state index contributed by atoms with van der Waals surface area (Å²) < 4.78 is 72.3. The first-order valence-corrected chi connectivity index (χ1v) is 14.1. The Morgan fingerprint density at radius 3 is 2.30 bits per heavy atom. The topological polar surface area (TPSA) is 88.4 Å². The normalized spacial score (nSPS) is 24.4. The summed E-state index contributed by atoms with van der Waals surface area (Å²) in [6, 6.07) is 5.54. The molecule has 0 radical (unpaired) electrons. The highest BCUT2D eigenvalue weighted by molar-refractivity contribution is 7.88. The van der Waals surface area contributed by atoms with E-state index >= 15 is 0 Å². The summed E-state index contributed by atoms with van der Waals surface area (Å²) in [6.45, 7) is 8.51. The smallest absolute Gasteiger partial charge is 0.440 e. The third-order valence-corrected chi connectivity index (χ3v) is 8.80. The maximum Gasteiger partial charge on any atom is 0.534 e. The van der Waals surface area contributed by atoms with E-state index in [9.17, 15) is 21.6 Å². The molecular weight excluding hydrogens is 507 g/mol. The van der Waals surface area contributed by atoms with Crippen molar-refractivity contribution >= 4 is 10.1 Å². The van der Waals surface area contributed by atoms with Crippen molar-refractivity contribution in [2.75, 3.05) is 0 Å². The molecule has 2 aromatic rings. The zero-order chi connectivity index (χ0) is 27.0. The fourth-order valence-corrected chi connectivity index (χ4v) is 6.79. The van der Waals surface area contributed by atoms with Gasteiger partial charge in [0.2, 0.25) is 0 Å². The quantitative estimate of drug-likeness (QED) is 0.267. The van der Waals surface area contributed by atoms with E-state index in [-0.39, 0.29) is 11.3 Å². The maximum atomic E-state index is 12.8. The number of aromatic nitrogens is 1. The number of ether oxygens (including phenoxy) is 1. The van der Waals surface area contributed by atoms with Gasteiger partial charge in [0, 0.05) is 23.2 Å². The Balaban J connectivity index is 1.63. The van der Waals surface area contributed by atoms with E-state index in [4.69, 9.17) is 14.8 Å². The fourth-order valence-electron chi connectivity index (χ4n) is 6.33. The summed E-state index contributed by atoms with van der Waals surface area (Å²) in [5, 5.41) is 9.07. The van der Waals surface area contributed by atoms with E-state index in [1.165, 1.54) is 12.1 Å². The Morgan fingerprint density at radius 1 is 1.11 bits per heavy atom. The summed E-state index contributed by atoms with van der Waals surface area (Å²) in [7, 11) is -5.76. The standard InChI is InChI=1S/C27H32F3NO5S/c1-15(2)23-21-22(20-18(31-23)13-25(3,4)14-19(20)32)26(11-5-6-12-26)35-24(21)16-7-9-17(10-8-16)36-37(33,34)27(28,29)30/h7-10,15,19,24,32H,5-6,11-14H2,1-4H3/p+1/t19-,24+/m0/s1. The number of hydrogen-bond acceptors (Lipinski definition) is 5. The van der Waals surface area contributed by atoms with E-state index in [2.05, 4.69) is 31.9 Å². The molecule has 10 heteroatoms. The number of hydrogen-bond donors (Lipinski definition) is 0. The molecule has 1 aromatic carbocycles.